The van der Waals surface area contributed by atoms with E-state index < -0.39 is 0 Å². The fourth-order valence-electron chi connectivity index (χ4n) is 2.70. The van der Waals surface area contributed by atoms with Gasteiger partial charge in [0.2, 0.25) is 0 Å². The lowest BCUT2D eigenvalue weighted by Crippen LogP contribution is -2.40. The van der Waals surface area contributed by atoms with Crippen LogP contribution in [0.1, 0.15) is 18.8 Å². The van der Waals surface area contributed by atoms with Gasteiger partial charge in [0.05, 0.1) is 30.8 Å². The molecule has 2 heterocycles. The highest BCUT2D eigenvalue weighted by atomic mass is 16.5. The van der Waals surface area contributed by atoms with E-state index in [1.54, 1.807) is 7.11 Å². The van der Waals surface area contributed by atoms with Gasteiger partial charge < -0.3 is 24.7 Å². The summed E-state index contributed by atoms with van der Waals surface area (Å²) < 4.78 is 13.0. The van der Waals surface area contributed by atoms with Crippen molar-refractivity contribution >= 4 is 17.1 Å². The minimum atomic E-state index is -0.170. The van der Waals surface area contributed by atoms with Crippen LogP contribution in [-0.2, 0) is 11.3 Å². The van der Waals surface area contributed by atoms with Crippen molar-refractivity contribution in [3.05, 3.63) is 24.0 Å². The van der Waals surface area contributed by atoms with Crippen molar-refractivity contribution in [3.8, 4) is 5.75 Å². The zero-order valence-corrected chi connectivity index (χ0v) is 12.8. The number of benzene rings is 1. The molecule has 1 aromatic heterocycles. The minimum Gasteiger partial charge on any atom is -0.497 e. The monoisotopic (exact) mass is 304 g/mol. The highest BCUT2D eigenvalue weighted by Crippen LogP contribution is 2.28. The van der Waals surface area contributed by atoms with Gasteiger partial charge in [-0.3, -0.25) is 0 Å². The van der Waals surface area contributed by atoms with Crippen LogP contribution in [0.5, 0.6) is 5.75 Å². The highest BCUT2D eigenvalue weighted by Gasteiger charge is 2.24. The number of aromatic nitrogens is 2. The molecular weight excluding hydrogens is 284 g/mol. The summed E-state index contributed by atoms with van der Waals surface area (Å²) in [6, 6.07) is 5.65. The summed E-state index contributed by atoms with van der Waals surface area (Å²) in [6.07, 6.45) is 0. The van der Waals surface area contributed by atoms with Crippen LogP contribution < -0.4 is 15.4 Å². The van der Waals surface area contributed by atoms with Crippen LogP contribution >= 0.6 is 0 Å². The molecule has 2 aromatic rings. The number of nitrogens with zero attached hydrogens (tertiary/aromatic N) is 2. The maximum Gasteiger partial charge on any atom is 0.314 e. The molecule has 118 valence electrons. The van der Waals surface area contributed by atoms with Gasteiger partial charge in [-0.1, -0.05) is 0 Å². The summed E-state index contributed by atoms with van der Waals surface area (Å²) in [5.41, 5.74) is 1.91. The molecule has 7 nitrogen and oxygen atoms in total. The van der Waals surface area contributed by atoms with Crippen molar-refractivity contribution in [2.75, 3.05) is 26.8 Å². The summed E-state index contributed by atoms with van der Waals surface area (Å²) in [5, 5.41) is 5.59. The number of imidazole rings is 1. The van der Waals surface area contributed by atoms with Gasteiger partial charge in [0.15, 0.2) is 0 Å². The summed E-state index contributed by atoms with van der Waals surface area (Å²) in [7, 11) is 1.64. The lowest BCUT2D eigenvalue weighted by Gasteiger charge is -2.26. The third kappa shape index (κ3) is 2.71. The van der Waals surface area contributed by atoms with Crippen LogP contribution in [0.4, 0.5) is 4.79 Å². The third-order valence-electron chi connectivity index (χ3n) is 3.71. The summed E-state index contributed by atoms with van der Waals surface area (Å²) in [6.45, 7) is 4.00. The summed E-state index contributed by atoms with van der Waals surface area (Å²) in [5.74, 6) is 1.66. The van der Waals surface area contributed by atoms with E-state index in [0.717, 1.165) is 22.6 Å². The smallest absolute Gasteiger partial charge is 0.314 e. The standard InChI is InChI=1S/C15H20N4O3/c1-3-16-15(20)17-7-10-8-22-9-14-18-12-5-4-11(21-2)6-13(12)19(10)14/h4-6,10H,3,7-9H2,1-2H3,(H2,16,17,20)/t10-/m0/s1. The third-order valence-corrected chi connectivity index (χ3v) is 3.71. The summed E-state index contributed by atoms with van der Waals surface area (Å²) in [4.78, 5) is 16.2. The molecule has 0 fully saturated rings. The Hall–Kier alpha value is -2.28. The SMILES string of the molecule is CCNC(=O)NC[C@H]1COCc2nc3ccc(OC)cc3n21. The number of fused-ring (bicyclic) bond motifs is 3. The van der Waals surface area contributed by atoms with Crippen LogP contribution in [0.15, 0.2) is 18.2 Å². The Morgan fingerprint density at radius 1 is 1.50 bits per heavy atom. The van der Waals surface area contributed by atoms with Crippen LogP contribution in [0, 0.1) is 0 Å². The Balaban J connectivity index is 1.89. The van der Waals surface area contributed by atoms with Crippen LogP contribution in [-0.4, -0.2) is 42.4 Å². The Kier molecular flexibility index (Phi) is 4.15. The molecule has 0 spiro atoms. The van der Waals surface area contributed by atoms with E-state index in [1.165, 1.54) is 0 Å². The normalized spacial score (nSPS) is 17.1. The fraction of sp³-hybridized carbons (Fsp3) is 0.467. The van der Waals surface area contributed by atoms with E-state index in [0.29, 0.717) is 26.3 Å². The molecule has 1 atom stereocenters. The number of hydrogen-bond donors (Lipinski definition) is 2. The van der Waals surface area contributed by atoms with Gasteiger partial charge in [-0.25, -0.2) is 9.78 Å². The predicted octanol–water partition coefficient (Wildman–Crippen LogP) is 1.44. The highest BCUT2D eigenvalue weighted by molar-refractivity contribution is 5.78. The molecule has 0 aliphatic carbocycles. The van der Waals surface area contributed by atoms with E-state index >= 15 is 0 Å². The molecule has 7 heteroatoms. The van der Waals surface area contributed by atoms with E-state index in [9.17, 15) is 4.79 Å². The maximum atomic E-state index is 11.6. The average molecular weight is 304 g/mol. The van der Waals surface area contributed by atoms with Crippen molar-refractivity contribution in [1.82, 2.24) is 20.2 Å². The van der Waals surface area contributed by atoms with Gasteiger partial charge in [0.1, 0.15) is 18.2 Å². The van der Waals surface area contributed by atoms with E-state index in [1.807, 2.05) is 25.1 Å². The number of carbonyl (C=O) groups is 1. The summed E-state index contributed by atoms with van der Waals surface area (Å²) >= 11 is 0. The molecule has 2 N–H and O–H groups in total. The van der Waals surface area contributed by atoms with Crippen LogP contribution in [0.3, 0.4) is 0 Å². The second-order valence-corrected chi connectivity index (χ2v) is 5.16. The zero-order valence-electron chi connectivity index (χ0n) is 12.8. The predicted molar refractivity (Wildman–Crippen MR) is 82.1 cm³/mol. The first-order chi connectivity index (χ1) is 10.7. The second kappa shape index (κ2) is 6.23. The van der Waals surface area contributed by atoms with Gasteiger partial charge in [-0.15, -0.1) is 0 Å². The molecule has 22 heavy (non-hydrogen) atoms. The number of nitrogens with one attached hydrogen (secondary N) is 2. The van der Waals surface area contributed by atoms with Crippen LogP contribution in [0.2, 0.25) is 0 Å². The number of amides is 2. The van der Waals surface area contributed by atoms with Crippen molar-refractivity contribution in [1.29, 1.82) is 0 Å². The van der Waals surface area contributed by atoms with Gasteiger partial charge in [0, 0.05) is 19.2 Å². The molecule has 0 bridgehead atoms. The van der Waals surface area contributed by atoms with Gasteiger partial charge in [-0.05, 0) is 19.1 Å². The molecule has 1 aromatic carbocycles. The second-order valence-electron chi connectivity index (χ2n) is 5.16. The first-order valence-electron chi connectivity index (χ1n) is 7.37. The molecule has 0 saturated carbocycles. The van der Waals surface area contributed by atoms with E-state index in [4.69, 9.17) is 9.47 Å². The molecule has 3 rings (SSSR count). The average Bonchev–Trinajstić information content (AvgIpc) is 2.91. The molecular formula is C15H20N4O3. The molecule has 1 aliphatic heterocycles. The van der Waals surface area contributed by atoms with E-state index in [2.05, 4.69) is 20.2 Å². The topological polar surface area (TPSA) is 77.4 Å². The fourth-order valence-corrected chi connectivity index (χ4v) is 2.70. The number of carbonyl (C=O) groups excluding carboxylic acids is 1. The number of hydrogen-bond acceptors (Lipinski definition) is 4. The van der Waals surface area contributed by atoms with Gasteiger partial charge >= 0.3 is 6.03 Å². The minimum absolute atomic E-state index is 0.0171. The van der Waals surface area contributed by atoms with Crippen molar-refractivity contribution < 1.29 is 14.3 Å². The lowest BCUT2D eigenvalue weighted by molar-refractivity contribution is 0.0572. The molecule has 0 unspecified atom stereocenters. The Morgan fingerprint density at radius 2 is 2.36 bits per heavy atom. The lowest BCUT2D eigenvalue weighted by atomic mass is 10.2. The number of rotatable bonds is 4. The largest absolute Gasteiger partial charge is 0.497 e. The van der Waals surface area contributed by atoms with Gasteiger partial charge in [0.25, 0.3) is 0 Å². The molecule has 0 saturated heterocycles. The Bertz CT molecular complexity index is 683. The number of urea groups is 1. The first kappa shape index (κ1) is 14.6. The Morgan fingerprint density at radius 3 is 3.14 bits per heavy atom. The number of methoxy groups -OCH3 is 1. The molecule has 1 aliphatic rings. The Labute approximate surface area is 128 Å². The number of ether oxygens (including phenoxy) is 2. The zero-order chi connectivity index (χ0) is 15.5. The maximum absolute atomic E-state index is 11.6. The molecule has 2 amide bonds. The molecule has 0 radical (unpaired) electrons. The van der Waals surface area contributed by atoms with Crippen LogP contribution in [0.25, 0.3) is 11.0 Å². The first-order valence-corrected chi connectivity index (χ1v) is 7.37. The van der Waals surface area contributed by atoms with E-state index in [-0.39, 0.29) is 12.1 Å². The van der Waals surface area contributed by atoms with Gasteiger partial charge in [-0.2, -0.15) is 0 Å². The van der Waals surface area contributed by atoms with Crippen molar-refractivity contribution in [2.24, 2.45) is 0 Å². The quantitative estimate of drug-likeness (QED) is 0.896. The van der Waals surface area contributed by atoms with Crippen molar-refractivity contribution in [2.45, 2.75) is 19.6 Å². The van der Waals surface area contributed by atoms with Crippen molar-refractivity contribution in [3.63, 3.8) is 0 Å².